The molecule has 0 saturated carbocycles. The Labute approximate surface area is 146 Å². The van der Waals surface area contributed by atoms with E-state index in [1.807, 2.05) is 32.0 Å². The van der Waals surface area contributed by atoms with E-state index < -0.39 is 0 Å². The van der Waals surface area contributed by atoms with Gasteiger partial charge in [-0.2, -0.15) is 5.10 Å². The average molecular weight is 347 g/mol. The largest absolute Gasteiger partial charge is 0.496 e. The fourth-order valence-electron chi connectivity index (χ4n) is 1.96. The maximum atomic E-state index is 11.8. The average Bonchev–Trinajstić information content (AvgIpc) is 2.56. The van der Waals surface area contributed by atoms with E-state index in [2.05, 4.69) is 10.5 Å². The maximum absolute atomic E-state index is 11.8. The molecule has 0 radical (unpaired) electrons. The molecular weight excluding hydrogens is 328 g/mol. The lowest BCUT2D eigenvalue weighted by Crippen LogP contribution is -2.24. The van der Waals surface area contributed by atoms with Gasteiger partial charge in [0.05, 0.1) is 13.3 Å². The smallest absolute Gasteiger partial charge is 0.277 e. The number of rotatable bonds is 6. The topological polar surface area (TPSA) is 59.9 Å². The van der Waals surface area contributed by atoms with Crippen LogP contribution in [-0.4, -0.2) is 25.8 Å². The third-order valence-electron chi connectivity index (χ3n) is 3.43. The van der Waals surface area contributed by atoms with Gasteiger partial charge in [0.25, 0.3) is 5.91 Å². The number of aryl methyl sites for hydroxylation is 2. The number of hydrogen-bond acceptors (Lipinski definition) is 4. The van der Waals surface area contributed by atoms with Crippen molar-refractivity contribution >= 4 is 23.7 Å². The number of methoxy groups -OCH3 is 1. The molecule has 0 fully saturated rings. The number of nitrogens with one attached hydrogen (secondary N) is 1. The van der Waals surface area contributed by atoms with Gasteiger partial charge in [-0.15, -0.1) is 0 Å². The Hall–Kier alpha value is -2.53. The van der Waals surface area contributed by atoms with E-state index in [-0.39, 0.29) is 12.5 Å². The summed E-state index contributed by atoms with van der Waals surface area (Å²) in [6, 6.07) is 10.8. The summed E-state index contributed by atoms with van der Waals surface area (Å²) in [4.78, 5) is 11.8. The second-order valence-electron chi connectivity index (χ2n) is 5.21. The highest BCUT2D eigenvalue weighted by Crippen LogP contribution is 2.20. The fourth-order valence-corrected chi connectivity index (χ4v) is 2.15. The van der Waals surface area contributed by atoms with Crippen molar-refractivity contribution < 1.29 is 14.3 Å². The Balaban J connectivity index is 1.89. The van der Waals surface area contributed by atoms with Crippen LogP contribution < -0.4 is 14.9 Å². The van der Waals surface area contributed by atoms with Gasteiger partial charge in [0.1, 0.15) is 11.5 Å². The zero-order chi connectivity index (χ0) is 17.5. The summed E-state index contributed by atoms with van der Waals surface area (Å²) in [7, 11) is 1.55. The Morgan fingerprint density at radius 1 is 1.21 bits per heavy atom. The monoisotopic (exact) mass is 346 g/mol. The summed E-state index contributed by atoms with van der Waals surface area (Å²) in [5, 5.41) is 4.45. The third kappa shape index (κ3) is 4.99. The Morgan fingerprint density at radius 2 is 2.00 bits per heavy atom. The predicted molar refractivity (Wildman–Crippen MR) is 95.2 cm³/mol. The molecule has 0 bridgehead atoms. The van der Waals surface area contributed by atoms with Gasteiger partial charge in [0.15, 0.2) is 6.61 Å². The van der Waals surface area contributed by atoms with Crippen LogP contribution in [0.3, 0.4) is 0 Å². The Kier molecular flexibility index (Phi) is 6.21. The minimum Gasteiger partial charge on any atom is -0.496 e. The van der Waals surface area contributed by atoms with E-state index in [9.17, 15) is 4.79 Å². The van der Waals surface area contributed by atoms with Crippen LogP contribution in [-0.2, 0) is 4.79 Å². The van der Waals surface area contributed by atoms with Crippen LogP contribution in [0.4, 0.5) is 0 Å². The van der Waals surface area contributed by atoms with Crippen molar-refractivity contribution in [2.45, 2.75) is 13.8 Å². The minimum absolute atomic E-state index is 0.119. The second-order valence-corrected chi connectivity index (χ2v) is 5.65. The van der Waals surface area contributed by atoms with E-state index in [1.165, 1.54) is 11.8 Å². The molecule has 1 N–H and O–H groups in total. The highest BCUT2D eigenvalue weighted by atomic mass is 35.5. The van der Waals surface area contributed by atoms with Gasteiger partial charge < -0.3 is 9.47 Å². The number of carbonyl (C=O) groups excluding carboxylic acids is 1. The van der Waals surface area contributed by atoms with Gasteiger partial charge in [0, 0.05) is 10.6 Å². The molecular formula is C18H19ClN2O3. The lowest BCUT2D eigenvalue weighted by atomic mass is 10.1. The quantitative estimate of drug-likeness (QED) is 0.643. The van der Waals surface area contributed by atoms with E-state index >= 15 is 0 Å². The molecule has 0 heterocycles. The normalized spacial score (nSPS) is 10.7. The zero-order valence-electron chi connectivity index (χ0n) is 13.8. The number of halogens is 1. The molecule has 1 amide bonds. The standard InChI is InChI=1S/C18H19ClN2O3/c1-12-4-6-16(8-13(12)2)24-11-18(22)21-20-10-14-9-15(19)5-7-17(14)23-3/h4-10H,11H2,1-3H3,(H,21,22)/b20-10+. The molecule has 0 aromatic heterocycles. The van der Waals surface area contributed by atoms with Crippen molar-refractivity contribution in [2.24, 2.45) is 5.10 Å². The molecule has 24 heavy (non-hydrogen) atoms. The molecule has 5 nitrogen and oxygen atoms in total. The molecule has 0 aliphatic rings. The van der Waals surface area contributed by atoms with Crippen molar-refractivity contribution in [3.8, 4) is 11.5 Å². The van der Waals surface area contributed by atoms with E-state index in [0.717, 1.165) is 5.56 Å². The van der Waals surface area contributed by atoms with Crippen LogP contribution in [0.2, 0.25) is 5.02 Å². The summed E-state index contributed by atoms with van der Waals surface area (Å²) in [6.45, 7) is 3.89. The summed E-state index contributed by atoms with van der Waals surface area (Å²) in [5.74, 6) is 0.906. The van der Waals surface area contributed by atoms with E-state index in [0.29, 0.717) is 22.1 Å². The second kappa shape index (κ2) is 8.36. The molecule has 0 unspecified atom stereocenters. The molecule has 6 heteroatoms. The van der Waals surface area contributed by atoms with Gasteiger partial charge in [-0.25, -0.2) is 5.43 Å². The van der Waals surface area contributed by atoms with Crippen molar-refractivity contribution in [3.63, 3.8) is 0 Å². The lowest BCUT2D eigenvalue weighted by Gasteiger charge is -2.07. The van der Waals surface area contributed by atoms with Crippen LogP contribution in [0.15, 0.2) is 41.5 Å². The summed E-state index contributed by atoms with van der Waals surface area (Å²) in [6.07, 6.45) is 1.47. The van der Waals surface area contributed by atoms with Crippen molar-refractivity contribution in [1.29, 1.82) is 0 Å². The molecule has 0 aliphatic carbocycles. The highest BCUT2D eigenvalue weighted by Gasteiger charge is 2.04. The molecule has 0 saturated heterocycles. The van der Waals surface area contributed by atoms with Crippen molar-refractivity contribution in [1.82, 2.24) is 5.43 Å². The maximum Gasteiger partial charge on any atom is 0.277 e. The lowest BCUT2D eigenvalue weighted by molar-refractivity contribution is -0.123. The first-order valence-corrected chi connectivity index (χ1v) is 7.73. The summed E-state index contributed by atoms with van der Waals surface area (Å²) >= 11 is 5.93. The predicted octanol–water partition coefficient (Wildman–Crippen LogP) is 3.49. The zero-order valence-corrected chi connectivity index (χ0v) is 14.6. The van der Waals surface area contributed by atoms with Crippen LogP contribution in [0.1, 0.15) is 16.7 Å². The highest BCUT2D eigenvalue weighted by molar-refractivity contribution is 6.30. The van der Waals surface area contributed by atoms with Gasteiger partial charge in [0.2, 0.25) is 0 Å². The molecule has 2 aromatic carbocycles. The van der Waals surface area contributed by atoms with Gasteiger partial charge in [-0.1, -0.05) is 17.7 Å². The first-order chi connectivity index (χ1) is 11.5. The van der Waals surface area contributed by atoms with E-state index in [4.69, 9.17) is 21.1 Å². The Morgan fingerprint density at radius 3 is 2.71 bits per heavy atom. The van der Waals surface area contributed by atoms with Crippen molar-refractivity contribution in [2.75, 3.05) is 13.7 Å². The number of hydrazone groups is 1. The summed E-state index contributed by atoms with van der Waals surface area (Å²) in [5.41, 5.74) is 5.36. The van der Waals surface area contributed by atoms with Crippen molar-refractivity contribution in [3.05, 3.63) is 58.1 Å². The number of nitrogens with zero attached hydrogens (tertiary/aromatic N) is 1. The molecule has 2 rings (SSSR count). The number of ether oxygens (including phenoxy) is 2. The third-order valence-corrected chi connectivity index (χ3v) is 3.67. The SMILES string of the molecule is COc1ccc(Cl)cc1/C=N/NC(=O)COc1ccc(C)c(C)c1. The molecule has 126 valence electrons. The van der Waals surface area contributed by atoms with Crippen LogP contribution in [0.5, 0.6) is 11.5 Å². The molecule has 0 aliphatic heterocycles. The number of amides is 1. The van der Waals surface area contributed by atoms with Crippen LogP contribution >= 0.6 is 11.6 Å². The molecule has 2 aromatic rings. The first-order valence-electron chi connectivity index (χ1n) is 7.35. The number of benzene rings is 2. The van der Waals surface area contributed by atoms with Crippen LogP contribution in [0.25, 0.3) is 0 Å². The van der Waals surface area contributed by atoms with Gasteiger partial charge in [-0.05, 0) is 55.3 Å². The van der Waals surface area contributed by atoms with Gasteiger partial charge in [-0.3, -0.25) is 4.79 Å². The fraction of sp³-hybridized carbons (Fsp3) is 0.222. The van der Waals surface area contributed by atoms with E-state index in [1.54, 1.807) is 25.3 Å². The number of hydrogen-bond donors (Lipinski definition) is 1. The summed E-state index contributed by atoms with van der Waals surface area (Å²) < 4.78 is 10.6. The molecule has 0 atom stereocenters. The van der Waals surface area contributed by atoms with Gasteiger partial charge >= 0.3 is 0 Å². The van der Waals surface area contributed by atoms with Crippen LogP contribution in [0, 0.1) is 13.8 Å². The Bertz CT molecular complexity index is 760. The molecule has 0 spiro atoms. The first kappa shape index (κ1) is 17.8. The minimum atomic E-state index is -0.356. The number of carbonyl (C=O) groups is 1.